The fourth-order valence-electron chi connectivity index (χ4n) is 9.03. The predicted molar refractivity (Wildman–Crippen MR) is 191 cm³/mol. The minimum atomic E-state index is -0.529. The minimum absolute atomic E-state index is 0.0643. The molecule has 0 amide bonds. The van der Waals surface area contributed by atoms with Crippen molar-refractivity contribution in [1.82, 2.24) is 9.80 Å². The average molecular weight is 715 g/mol. The lowest BCUT2D eigenvalue weighted by Gasteiger charge is -2.51. The van der Waals surface area contributed by atoms with E-state index >= 15 is 0 Å². The van der Waals surface area contributed by atoms with E-state index in [2.05, 4.69) is 21.9 Å². The van der Waals surface area contributed by atoms with Crippen LogP contribution >= 0.6 is 0 Å². The molecule has 2 aromatic rings. The van der Waals surface area contributed by atoms with Crippen LogP contribution in [0.3, 0.4) is 0 Å². The quantitative estimate of drug-likeness (QED) is 0.220. The fraction of sp³-hybridized carbons (Fsp3) is 0.675. The maximum atomic E-state index is 12.6. The van der Waals surface area contributed by atoms with Crippen molar-refractivity contribution in [3.05, 3.63) is 46.5 Å². The SMILES string of the molecule is COc1cc2c(cc1OC)[C@H]1CC(=O)[C@H](CCCC[19F])CN1CC2.COc1cc2c(cc1OC)[C@H]1CC3(OCCO3)[C@H](CCCC[19F])CN1CC2. The molecule has 11 heteroatoms. The molecule has 51 heavy (non-hydrogen) atoms. The Kier molecular flexibility index (Phi) is 12.8. The zero-order chi connectivity index (χ0) is 36.0. The number of carbonyl (C=O) groups excluding carboxylic acids is 1. The van der Waals surface area contributed by atoms with Gasteiger partial charge in [0.25, 0.3) is 0 Å². The lowest BCUT2D eigenvalue weighted by Crippen LogP contribution is -2.55. The van der Waals surface area contributed by atoms with Gasteiger partial charge in [0.15, 0.2) is 28.8 Å². The average Bonchev–Trinajstić information content (AvgIpc) is 3.63. The summed E-state index contributed by atoms with van der Waals surface area (Å²) in [5, 5.41) is 0. The van der Waals surface area contributed by atoms with Gasteiger partial charge in [-0.05, 0) is 85.0 Å². The number of piperidine rings is 2. The van der Waals surface area contributed by atoms with Gasteiger partial charge in [-0.25, -0.2) is 0 Å². The summed E-state index contributed by atoms with van der Waals surface area (Å²) in [4.78, 5) is 17.5. The maximum absolute atomic E-state index is 12.6. The van der Waals surface area contributed by atoms with Gasteiger partial charge >= 0.3 is 0 Å². The molecule has 0 unspecified atom stereocenters. The number of hydrogen-bond donors (Lipinski definition) is 0. The highest BCUT2D eigenvalue weighted by Gasteiger charge is 2.52. The number of ketones is 1. The lowest BCUT2D eigenvalue weighted by molar-refractivity contribution is -0.235. The Morgan fingerprint density at radius 3 is 1.76 bits per heavy atom. The number of carbonyl (C=O) groups is 1. The molecule has 5 aliphatic heterocycles. The number of alkyl halides is 2. The van der Waals surface area contributed by atoms with Gasteiger partial charge in [-0.3, -0.25) is 23.4 Å². The van der Waals surface area contributed by atoms with Crippen LogP contribution in [-0.4, -0.2) is 103 Å². The van der Waals surface area contributed by atoms with Crippen molar-refractivity contribution in [3.8, 4) is 23.0 Å². The second kappa shape index (κ2) is 17.2. The van der Waals surface area contributed by atoms with Crippen LogP contribution in [0.4, 0.5) is 8.78 Å². The molecule has 2 aromatic carbocycles. The van der Waals surface area contributed by atoms with Crippen molar-refractivity contribution < 1.29 is 42.0 Å². The van der Waals surface area contributed by atoms with Crippen LogP contribution in [0.15, 0.2) is 24.3 Å². The smallest absolute Gasteiger partial charge is 0.174 e. The van der Waals surface area contributed by atoms with E-state index in [1.807, 2.05) is 12.1 Å². The van der Waals surface area contributed by atoms with Gasteiger partial charge in [-0.2, -0.15) is 0 Å². The van der Waals surface area contributed by atoms with E-state index < -0.39 is 5.79 Å². The molecule has 7 rings (SSSR count). The summed E-state index contributed by atoms with van der Waals surface area (Å²) >= 11 is 0. The monoisotopic (exact) mass is 714 g/mol. The van der Waals surface area contributed by atoms with Crippen LogP contribution in [0.5, 0.6) is 23.0 Å². The number of nitrogens with zero attached hydrogens (tertiary/aromatic N) is 2. The largest absolute Gasteiger partial charge is 0.493 e. The predicted octanol–water partition coefficient (Wildman–Crippen LogP) is 6.84. The molecule has 0 bridgehead atoms. The summed E-state index contributed by atoms with van der Waals surface area (Å²) in [7, 11) is 6.64. The molecular formula is C40H56F2N2O7. The highest BCUT2D eigenvalue weighted by molar-refractivity contribution is 5.83. The van der Waals surface area contributed by atoms with Gasteiger partial charge in [0.05, 0.1) is 55.0 Å². The molecule has 0 N–H and O–H groups in total. The molecule has 0 radical (unpaired) electrons. The summed E-state index contributed by atoms with van der Waals surface area (Å²) in [5.74, 6) is 3.17. The van der Waals surface area contributed by atoms with E-state index in [9.17, 15) is 13.6 Å². The van der Waals surface area contributed by atoms with Crippen LogP contribution < -0.4 is 18.9 Å². The molecule has 282 valence electrons. The van der Waals surface area contributed by atoms with Crippen molar-refractivity contribution >= 4 is 5.78 Å². The lowest BCUT2D eigenvalue weighted by atomic mass is 9.77. The summed E-state index contributed by atoms with van der Waals surface area (Å²) in [5.41, 5.74) is 5.05. The van der Waals surface area contributed by atoms with Crippen molar-refractivity contribution in [1.29, 1.82) is 0 Å². The van der Waals surface area contributed by atoms with Gasteiger partial charge in [-0.1, -0.05) is 12.8 Å². The number of benzene rings is 2. The van der Waals surface area contributed by atoms with E-state index in [0.717, 1.165) is 94.1 Å². The van der Waals surface area contributed by atoms with Gasteiger partial charge < -0.3 is 28.4 Å². The zero-order valence-corrected chi connectivity index (χ0v) is 30.9. The maximum Gasteiger partial charge on any atom is 0.174 e. The first-order valence-corrected chi connectivity index (χ1v) is 18.8. The third kappa shape index (κ3) is 8.01. The molecule has 5 heterocycles. The summed E-state index contributed by atoms with van der Waals surface area (Å²) < 4.78 is 59.1. The van der Waals surface area contributed by atoms with Crippen molar-refractivity contribution in [2.75, 3.05) is 81.2 Å². The molecule has 0 aliphatic carbocycles. The summed E-state index contributed by atoms with van der Waals surface area (Å²) in [6.45, 7) is 4.46. The number of unbranched alkanes of at least 4 members (excludes halogenated alkanes) is 2. The third-order valence-electron chi connectivity index (χ3n) is 11.7. The topological polar surface area (TPSA) is 78.9 Å². The minimum Gasteiger partial charge on any atom is -0.493 e. The molecule has 3 saturated heterocycles. The van der Waals surface area contributed by atoms with E-state index in [0.29, 0.717) is 44.2 Å². The molecule has 9 nitrogen and oxygen atoms in total. The Hall–Kier alpha value is -2.99. The van der Waals surface area contributed by atoms with Crippen molar-refractivity contribution in [2.45, 2.75) is 82.1 Å². The van der Waals surface area contributed by atoms with Crippen LogP contribution in [0.2, 0.25) is 0 Å². The number of fused-ring (bicyclic) bond motifs is 6. The van der Waals surface area contributed by atoms with Crippen molar-refractivity contribution in [3.63, 3.8) is 0 Å². The Labute approximate surface area is 301 Å². The first kappa shape index (κ1) is 37.8. The third-order valence-corrected chi connectivity index (χ3v) is 11.7. The number of rotatable bonds is 12. The number of ether oxygens (including phenoxy) is 6. The molecule has 0 saturated carbocycles. The van der Waals surface area contributed by atoms with Gasteiger partial charge in [0, 0.05) is 62.9 Å². The van der Waals surface area contributed by atoms with Gasteiger partial charge in [0.2, 0.25) is 0 Å². The normalized spacial score (nSPS) is 25.2. The second-order valence-corrected chi connectivity index (χ2v) is 14.5. The second-order valence-electron chi connectivity index (χ2n) is 14.5. The number of methoxy groups -OCH3 is 4. The molecule has 4 atom stereocenters. The van der Waals surface area contributed by atoms with E-state index in [1.165, 1.54) is 22.3 Å². The standard InChI is InChI=1S/C21H30FNO4.C19H26FNO3/c1-24-19-11-15-6-8-23-14-16(5-3-4-7-22)21(26-9-10-27-21)13-18(23)17(15)12-20(19)25-2;1-23-18-9-13-6-8-21-12-14(5-3-4-7-20)17(22)11-16(21)15(13)10-19(18)24-2/h11-12,16,18H,3-10,13-14H2,1-2H3;9-10,14,16H,3-8,11-12H2,1-2H3/t16-,18-;14-,16-/m11/s1/i22+0;20+0. The molecule has 5 aliphatic rings. The van der Waals surface area contributed by atoms with E-state index in [4.69, 9.17) is 28.4 Å². The Morgan fingerprint density at radius 1 is 0.706 bits per heavy atom. The Balaban J connectivity index is 0.000000177. The first-order valence-electron chi connectivity index (χ1n) is 18.8. The van der Waals surface area contributed by atoms with Crippen LogP contribution in [0.25, 0.3) is 0 Å². The molecular weight excluding hydrogens is 658 g/mol. The fourth-order valence-corrected chi connectivity index (χ4v) is 9.03. The van der Waals surface area contributed by atoms with Crippen LogP contribution in [-0.2, 0) is 27.1 Å². The molecule has 3 fully saturated rings. The number of hydrogen-bond acceptors (Lipinski definition) is 9. The van der Waals surface area contributed by atoms with Crippen LogP contribution in [0, 0.1) is 11.8 Å². The van der Waals surface area contributed by atoms with Crippen LogP contribution in [0.1, 0.15) is 85.7 Å². The summed E-state index contributed by atoms with van der Waals surface area (Å²) in [6, 6.07) is 8.70. The molecule has 0 aromatic heterocycles. The van der Waals surface area contributed by atoms with Crippen molar-refractivity contribution in [2.24, 2.45) is 11.8 Å². The molecule has 1 spiro atoms. The summed E-state index contributed by atoms with van der Waals surface area (Å²) in [6.07, 6.45) is 7.94. The number of Topliss-reactive ketones (excluding diaryl/α,β-unsaturated/α-hetero) is 1. The van der Waals surface area contributed by atoms with Gasteiger partial charge in [0.1, 0.15) is 5.78 Å². The van der Waals surface area contributed by atoms with E-state index in [1.54, 1.807) is 28.4 Å². The first-order chi connectivity index (χ1) is 24.9. The highest BCUT2D eigenvalue weighted by Crippen LogP contribution is 2.50. The Morgan fingerprint density at radius 2 is 1.22 bits per heavy atom. The zero-order valence-electron chi connectivity index (χ0n) is 30.9. The highest BCUT2D eigenvalue weighted by atomic mass is 19.1. The van der Waals surface area contributed by atoms with Gasteiger partial charge in [-0.15, -0.1) is 0 Å². The van der Waals surface area contributed by atoms with E-state index in [-0.39, 0.29) is 31.4 Å². The Bertz CT molecular complexity index is 1490. The number of halogens is 2.